The van der Waals surface area contributed by atoms with Crippen LogP contribution >= 0.6 is 11.6 Å². The summed E-state index contributed by atoms with van der Waals surface area (Å²) in [7, 11) is 0. The Labute approximate surface area is 129 Å². The Kier molecular flexibility index (Phi) is 6.09. The Morgan fingerprint density at radius 3 is 2.90 bits per heavy atom. The number of nitrogens with one attached hydrogen (secondary N) is 2. The van der Waals surface area contributed by atoms with Gasteiger partial charge in [-0.25, -0.2) is 9.98 Å². The fourth-order valence-electron chi connectivity index (χ4n) is 1.77. The highest BCUT2D eigenvalue weighted by Gasteiger charge is 2.00. The van der Waals surface area contributed by atoms with E-state index < -0.39 is 0 Å². The molecule has 6 heteroatoms. The van der Waals surface area contributed by atoms with Crippen molar-refractivity contribution >= 4 is 17.6 Å². The van der Waals surface area contributed by atoms with Crippen LogP contribution in [-0.2, 0) is 13.0 Å². The van der Waals surface area contributed by atoms with Gasteiger partial charge in [0, 0.05) is 25.7 Å². The fraction of sp³-hybridized carbons (Fsp3) is 0.333. The minimum atomic E-state index is 0.492. The van der Waals surface area contributed by atoms with E-state index in [1.54, 1.807) is 18.5 Å². The highest BCUT2D eigenvalue weighted by molar-refractivity contribution is 6.29. The van der Waals surface area contributed by atoms with E-state index in [2.05, 4.69) is 20.6 Å². The molecule has 0 radical (unpaired) electrons. The minimum absolute atomic E-state index is 0.492. The molecule has 2 aromatic rings. The van der Waals surface area contributed by atoms with Gasteiger partial charge in [0.1, 0.15) is 10.9 Å². The molecule has 0 bridgehead atoms. The summed E-state index contributed by atoms with van der Waals surface area (Å²) in [6.45, 7) is 4.16. The van der Waals surface area contributed by atoms with Gasteiger partial charge in [0.15, 0.2) is 5.96 Å². The molecule has 0 aliphatic carbocycles. The van der Waals surface area contributed by atoms with Crippen molar-refractivity contribution < 1.29 is 4.42 Å². The molecule has 0 atom stereocenters. The zero-order chi connectivity index (χ0) is 14.9. The summed E-state index contributed by atoms with van der Waals surface area (Å²) in [5.41, 5.74) is 1.02. The van der Waals surface area contributed by atoms with Gasteiger partial charge in [-0.15, -0.1) is 0 Å². The molecule has 0 aliphatic heterocycles. The topological polar surface area (TPSA) is 62.5 Å². The monoisotopic (exact) mass is 306 g/mol. The lowest BCUT2D eigenvalue weighted by molar-refractivity contribution is 0.507. The second-order valence-electron chi connectivity index (χ2n) is 4.44. The minimum Gasteiger partial charge on any atom is -0.469 e. The summed E-state index contributed by atoms with van der Waals surface area (Å²) < 4.78 is 5.29. The van der Waals surface area contributed by atoms with Gasteiger partial charge >= 0.3 is 0 Å². The summed E-state index contributed by atoms with van der Waals surface area (Å²) in [6.07, 6.45) is 4.24. The standard InChI is InChI=1S/C15H19ClN4O/c1-2-17-15(18-8-7-13-4-3-9-21-13)20-11-12-5-6-14(16)19-10-12/h3-6,9-10H,2,7-8,11H2,1H3,(H2,17,18,20). The van der Waals surface area contributed by atoms with E-state index in [1.807, 2.05) is 25.1 Å². The Morgan fingerprint density at radius 1 is 1.33 bits per heavy atom. The smallest absolute Gasteiger partial charge is 0.191 e. The molecule has 2 aromatic heterocycles. The van der Waals surface area contributed by atoms with Crippen LogP contribution in [0.5, 0.6) is 0 Å². The van der Waals surface area contributed by atoms with Gasteiger partial charge in [0.25, 0.3) is 0 Å². The summed E-state index contributed by atoms with van der Waals surface area (Å²) in [4.78, 5) is 8.55. The van der Waals surface area contributed by atoms with E-state index in [0.717, 1.165) is 36.8 Å². The molecule has 0 unspecified atom stereocenters. The molecule has 2 N–H and O–H groups in total. The maximum absolute atomic E-state index is 5.76. The molecule has 0 saturated heterocycles. The Morgan fingerprint density at radius 2 is 2.24 bits per heavy atom. The number of guanidine groups is 1. The second kappa shape index (κ2) is 8.32. The van der Waals surface area contributed by atoms with Crippen LogP contribution in [-0.4, -0.2) is 24.0 Å². The average Bonchev–Trinajstić information content (AvgIpc) is 3.00. The maximum atomic E-state index is 5.76. The van der Waals surface area contributed by atoms with Crippen molar-refractivity contribution in [3.05, 3.63) is 53.2 Å². The summed E-state index contributed by atoms with van der Waals surface area (Å²) in [6, 6.07) is 7.54. The highest BCUT2D eigenvalue weighted by atomic mass is 35.5. The quantitative estimate of drug-likeness (QED) is 0.489. The van der Waals surface area contributed by atoms with E-state index in [4.69, 9.17) is 16.0 Å². The summed E-state index contributed by atoms with van der Waals surface area (Å²) in [5, 5.41) is 6.97. The van der Waals surface area contributed by atoms with Crippen molar-refractivity contribution in [2.45, 2.75) is 19.9 Å². The number of halogens is 1. The van der Waals surface area contributed by atoms with E-state index in [9.17, 15) is 0 Å². The van der Waals surface area contributed by atoms with Crippen LogP contribution in [0.3, 0.4) is 0 Å². The second-order valence-corrected chi connectivity index (χ2v) is 4.83. The third-order valence-corrected chi connectivity index (χ3v) is 3.02. The summed E-state index contributed by atoms with van der Waals surface area (Å²) in [5.74, 6) is 1.74. The van der Waals surface area contributed by atoms with Crippen molar-refractivity contribution in [2.24, 2.45) is 4.99 Å². The molecule has 0 aliphatic rings. The first-order chi connectivity index (χ1) is 10.3. The number of rotatable bonds is 6. The van der Waals surface area contributed by atoms with Gasteiger partial charge in [-0.2, -0.15) is 0 Å². The molecular weight excluding hydrogens is 288 g/mol. The van der Waals surface area contributed by atoms with Crippen molar-refractivity contribution in [1.82, 2.24) is 15.6 Å². The van der Waals surface area contributed by atoms with E-state index in [-0.39, 0.29) is 0 Å². The molecule has 0 spiro atoms. The number of aliphatic imine (C=N–C) groups is 1. The lowest BCUT2D eigenvalue weighted by Gasteiger charge is -2.10. The first kappa shape index (κ1) is 15.4. The summed E-state index contributed by atoms with van der Waals surface area (Å²) >= 11 is 5.76. The van der Waals surface area contributed by atoms with Crippen molar-refractivity contribution in [2.75, 3.05) is 13.1 Å². The van der Waals surface area contributed by atoms with Crippen LogP contribution in [0.1, 0.15) is 18.2 Å². The normalized spacial score (nSPS) is 11.4. The predicted molar refractivity (Wildman–Crippen MR) is 84.5 cm³/mol. The molecule has 2 heterocycles. The van der Waals surface area contributed by atoms with Crippen molar-refractivity contribution in [3.8, 4) is 0 Å². The molecular formula is C15H19ClN4O. The lowest BCUT2D eigenvalue weighted by atomic mass is 10.3. The van der Waals surface area contributed by atoms with Crippen LogP contribution in [0.2, 0.25) is 5.15 Å². The third-order valence-electron chi connectivity index (χ3n) is 2.80. The lowest BCUT2D eigenvalue weighted by Crippen LogP contribution is -2.38. The maximum Gasteiger partial charge on any atom is 0.191 e. The number of aromatic nitrogens is 1. The van der Waals surface area contributed by atoms with Crippen LogP contribution in [0.15, 0.2) is 46.1 Å². The van der Waals surface area contributed by atoms with Gasteiger partial charge in [0.2, 0.25) is 0 Å². The zero-order valence-electron chi connectivity index (χ0n) is 12.0. The zero-order valence-corrected chi connectivity index (χ0v) is 12.7. The van der Waals surface area contributed by atoms with E-state index in [1.165, 1.54) is 0 Å². The van der Waals surface area contributed by atoms with Crippen LogP contribution in [0.25, 0.3) is 0 Å². The predicted octanol–water partition coefficient (Wildman–Crippen LogP) is 2.63. The van der Waals surface area contributed by atoms with Gasteiger partial charge in [0.05, 0.1) is 12.8 Å². The number of hydrogen-bond acceptors (Lipinski definition) is 3. The first-order valence-corrected chi connectivity index (χ1v) is 7.30. The SMILES string of the molecule is CCNC(=NCc1ccc(Cl)nc1)NCCc1ccco1. The van der Waals surface area contributed by atoms with Gasteiger partial charge in [-0.3, -0.25) is 0 Å². The van der Waals surface area contributed by atoms with Crippen LogP contribution < -0.4 is 10.6 Å². The molecule has 21 heavy (non-hydrogen) atoms. The molecule has 0 fully saturated rings. The Balaban J connectivity index is 1.84. The van der Waals surface area contributed by atoms with Gasteiger partial charge in [-0.1, -0.05) is 17.7 Å². The molecule has 0 amide bonds. The number of hydrogen-bond donors (Lipinski definition) is 2. The van der Waals surface area contributed by atoms with Crippen LogP contribution in [0.4, 0.5) is 0 Å². The number of furan rings is 1. The average molecular weight is 307 g/mol. The fourth-order valence-corrected chi connectivity index (χ4v) is 1.88. The van der Waals surface area contributed by atoms with Crippen LogP contribution in [0, 0.1) is 0 Å². The third kappa shape index (κ3) is 5.47. The largest absolute Gasteiger partial charge is 0.469 e. The number of pyridine rings is 1. The Bertz CT molecular complexity index is 552. The molecule has 5 nitrogen and oxygen atoms in total. The van der Waals surface area contributed by atoms with Crippen molar-refractivity contribution in [1.29, 1.82) is 0 Å². The van der Waals surface area contributed by atoms with Gasteiger partial charge < -0.3 is 15.1 Å². The van der Waals surface area contributed by atoms with E-state index in [0.29, 0.717) is 11.7 Å². The first-order valence-electron chi connectivity index (χ1n) is 6.93. The molecule has 0 saturated carbocycles. The molecule has 2 rings (SSSR count). The number of nitrogens with zero attached hydrogens (tertiary/aromatic N) is 2. The molecule has 0 aromatic carbocycles. The van der Waals surface area contributed by atoms with E-state index >= 15 is 0 Å². The molecule has 112 valence electrons. The highest BCUT2D eigenvalue weighted by Crippen LogP contribution is 2.06. The van der Waals surface area contributed by atoms with Gasteiger partial charge in [-0.05, 0) is 30.7 Å². The van der Waals surface area contributed by atoms with Crippen molar-refractivity contribution in [3.63, 3.8) is 0 Å². The Hall–Kier alpha value is -2.01.